The highest BCUT2D eigenvalue weighted by Crippen LogP contribution is 2.33. The molecule has 0 saturated heterocycles. The van der Waals surface area contributed by atoms with Gasteiger partial charge >= 0.3 is 0 Å². The van der Waals surface area contributed by atoms with Crippen LogP contribution in [0.15, 0.2) is 18.2 Å². The molecule has 1 saturated carbocycles. The van der Waals surface area contributed by atoms with E-state index < -0.39 is 0 Å². The summed E-state index contributed by atoms with van der Waals surface area (Å²) in [7, 11) is 0. The highest BCUT2D eigenvalue weighted by Gasteiger charge is 2.26. The summed E-state index contributed by atoms with van der Waals surface area (Å²) in [6.07, 6.45) is 5.92. The van der Waals surface area contributed by atoms with Crippen LogP contribution in [-0.2, 0) is 6.42 Å². The van der Waals surface area contributed by atoms with Crippen LogP contribution in [0.25, 0.3) is 0 Å². The summed E-state index contributed by atoms with van der Waals surface area (Å²) in [4.78, 5) is 0. The maximum absolute atomic E-state index is 6.35. The molecule has 0 heterocycles. The van der Waals surface area contributed by atoms with Crippen molar-refractivity contribution < 1.29 is 4.74 Å². The average Bonchev–Trinajstić information content (AvgIpc) is 2.45. The van der Waals surface area contributed by atoms with E-state index in [-0.39, 0.29) is 6.04 Å². The molecule has 1 aromatic rings. The molecule has 1 aliphatic rings. The maximum Gasteiger partial charge on any atom is 0.122 e. The molecule has 0 amide bonds. The van der Waals surface area contributed by atoms with Crippen LogP contribution in [0.1, 0.15) is 57.6 Å². The third-order valence-corrected chi connectivity index (χ3v) is 5.07. The third kappa shape index (κ3) is 4.47. The van der Waals surface area contributed by atoms with Crippen molar-refractivity contribution in [1.82, 2.24) is 0 Å². The van der Waals surface area contributed by atoms with Gasteiger partial charge < -0.3 is 10.5 Å². The highest BCUT2D eigenvalue weighted by atomic mass is 16.5. The first kappa shape index (κ1) is 16.4. The van der Waals surface area contributed by atoms with Crippen LogP contribution in [0.3, 0.4) is 0 Å². The van der Waals surface area contributed by atoms with Gasteiger partial charge in [0.1, 0.15) is 5.75 Å². The summed E-state index contributed by atoms with van der Waals surface area (Å²) in [5, 5.41) is 0. The molecule has 1 fully saturated rings. The van der Waals surface area contributed by atoms with Crippen LogP contribution in [0.2, 0.25) is 0 Å². The van der Waals surface area contributed by atoms with Crippen molar-refractivity contribution in [3.05, 3.63) is 29.3 Å². The quantitative estimate of drug-likeness (QED) is 0.867. The van der Waals surface area contributed by atoms with Gasteiger partial charge in [0.05, 0.1) is 6.10 Å². The monoisotopic (exact) mass is 289 g/mol. The second kappa shape index (κ2) is 7.31. The maximum atomic E-state index is 6.35. The van der Waals surface area contributed by atoms with Crippen LogP contribution >= 0.6 is 0 Å². The SMILES string of the molecule is CCC(N)Cc1cc(C)ccc1OC1CCC(C)C(C)C1. The molecule has 2 heteroatoms. The molecule has 0 aromatic heterocycles. The van der Waals surface area contributed by atoms with Crippen LogP contribution in [0.5, 0.6) is 5.75 Å². The summed E-state index contributed by atoms with van der Waals surface area (Å²) >= 11 is 0. The minimum absolute atomic E-state index is 0.222. The number of hydrogen-bond donors (Lipinski definition) is 1. The molecule has 118 valence electrons. The smallest absolute Gasteiger partial charge is 0.122 e. The fourth-order valence-electron chi connectivity index (χ4n) is 3.19. The predicted molar refractivity (Wildman–Crippen MR) is 89.7 cm³/mol. The topological polar surface area (TPSA) is 35.2 Å². The summed E-state index contributed by atoms with van der Waals surface area (Å²) in [6, 6.07) is 6.74. The summed E-state index contributed by atoms with van der Waals surface area (Å²) in [5.74, 6) is 2.64. The molecule has 1 aromatic carbocycles. The van der Waals surface area contributed by atoms with Gasteiger partial charge in [-0.25, -0.2) is 0 Å². The predicted octanol–water partition coefficient (Wildman–Crippen LogP) is 4.48. The molecule has 2 nitrogen and oxygen atoms in total. The van der Waals surface area contributed by atoms with Crippen molar-refractivity contribution in [1.29, 1.82) is 0 Å². The lowest BCUT2D eigenvalue weighted by Crippen LogP contribution is -2.29. The average molecular weight is 289 g/mol. The molecule has 21 heavy (non-hydrogen) atoms. The minimum atomic E-state index is 0.222. The fourth-order valence-corrected chi connectivity index (χ4v) is 3.19. The molecule has 0 spiro atoms. The Bertz CT molecular complexity index is 457. The van der Waals surface area contributed by atoms with E-state index in [1.807, 2.05) is 0 Å². The number of rotatable bonds is 5. The molecule has 2 N–H and O–H groups in total. The number of hydrogen-bond acceptors (Lipinski definition) is 2. The van der Waals surface area contributed by atoms with Crippen LogP contribution in [0, 0.1) is 18.8 Å². The summed E-state index contributed by atoms with van der Waals surface area (Å²) in [6.45, 7) is 8.99. The Morgan fingerprint density at radius 1 is 1.24 bits per heavy atom. The van der Waals surface area contributed by atoms with E-state index in [9.17, 15) is 0 Å². The molecule has 2 rings (SSSR count). The molecular weight excluding hydrogens is 258 g/mol. The Morgan fingerprint density at radius 3 is 2.67 bits per heavy atom. The molecule has 4 atom stereocenters. The molecule has 0 bridgehead atoms. The fraction of sp³-hybridized carbons (Fsp3) is 0.684. The third-order valence-electron chi connectivity index (χ3n) is 5.07. The zero-order valence-electron chi connectivity index (χ0n) is 14.1. The van der Waals surface area contributed by atoms with Crippen molar-refractivity contribution in [3.63, 3.8) is 0 Å². The normalized spacial score (nSPS) is 27.4. The van der Waals surface area contributed by atoms with Gasteiger partial charge in [0.15, 0.2) is 0 Å². The van der Waals surface area contributed by atoms with Gasteiger partial charge in [0, 0.05) is 6.04 Å². The first-order valence-electron chi connectivity index (χ1n) is 8.51. The largest absolute Gasteiger partial charge is 0.490 e. The lowest BCUT2D eigenvalue weighted by molar-refractivity contribution is 0.0996. The zero-order chi connectivity index (χ0) is 15.4. The van der Waals surface area contributed by atoms with E-state index in [1.54, 1.807) is 0 Å². The molecular formula is C19H31NO. The van der Waals surface area contributed by atoms with Crippen LogP contribution in [-0.4, -0.2) is 12.1 Å². The summed E-state index contributed by atoms with van der Waals surface area (Å²) in [5.41, 5.74) is 8.70. The molecule has 0 radical (unpaired) electrons. The minimum Gasteiger partial charge on any atom is -0.490 e. The van der Waals surface area contributed by atoms with Gasteiger partial charge in [-0.15, -0.1) is 0 Å². The van der Waals surface area contributed by atoms with E-state index in [0.717, 1.165) is 30.4 Å². The van der Waals surface area contributed by atoms with Crippen LogP contribution in [0.4, 0.5) is 0 Å². The van der Waals surface area contributed by atoms with E-state index in [4.69, 9.17) is 10.5 Å². The first-order chi connectivity index (χ1) is 9.99. The van der Waals surface area contributed by atoms with E-state index in [2.05, 4.69) is 45.9 Å². The zero-order valence-corrected chi connectivity index (χ0v) is 14.1. The van der Waals surface area contributed by atoms with Crippen molar-refractivity contribution in [2.45, 2.75) is 71.9 Å². The molecule has 4 unspecified atom stereocenters. The Morgan fingerprint density at radius 2 is 2.00 bits per heavy atom. The Labute approximate surface area is 130 Å². The van der Waals surface area contributed by atoms with Gasteiger partial charge in [-0.05, 0) is 62.5 Å². The Kier molecular flexibility index (Phi) is 5.69. The van der Waals surface area contributed by atoms with Gasteiger partial charge in [0.25, 0.3) is 0 Å². The number of ether oxygens (including phenoxy) is 1. The van der Waals surface area contributed by atoms with Crippen molar-refractivity contribution in [2.24, 2.45) is 17.6 Å². The van der Waals surface area contributed by atoms with Gasteiger partial charge in [-0.2, -0.15) is 0 Å². The van der Waals surface area contributed by atoms with Crippen molar-refractivity contribution in [3.8, 4) is 5.75 Å². The first-order valence-corrected chi connectivity index (χ1v) is 8.51. The standard InChI is InChI=1S/C19H31NO/c1-5-17(20)12-16-10-13(2)6-9-19(16)21-18-8-7-14(3)15(4)11-18/h6,9-10,14-15,17-18H,5,7-8,11-12,20H2,1-4H3. The second-order valence-corrected chi connectivity index (χ2v) is 6.99. The van der Waals surface area contributed by atoms with Crippen molar-refractivity contribution in [2.75, 3.05) is 0 Å². The summed E-state index contributed by atoms with van der Waals surface area (Å²) < 4.78 is 6.35. The van der Waals surface area contributed by atoms with E-state index in [0.29, 0.717) is 6.10 Å². The van der Waals surface area contributed by atoms with Gasteiger partial charge in [0.2, 0.25) is 0 Å². The van der Waals surface area contributed by atoms with Gasteiger partial charge in [-0.1, -0.05) is 38.5 Å². The number of aryl methyl sites for hydroxylation is 1. The van der Waals surface area contributed by atoms with E-state index >= 15 is 0 Å². The van der Waals surface area contributed by atoms with Crippen molar-refractivity contribution >= 4 is 0 Å². The lowest BCUT2D eigenvalue weighted by atomic mass is 9.80. The Hall–Kier alpha value is -1.02. The Balaban J connectivity index is 2.08. The lowest BCUT2D eigenvalue weighted by Gasteiger charge is -2.33. The molecule has 1 aliphatic carbocycles. The number of nitrogens with two attached hydrogens (primary N) is 1. The number of benzene rings is 1. The van der Waals surface area contributed by atoms with Crippen LogP contribution < -0.4 is 10.5 Å². The second-order valence-electron chi connectivity index (χ2n) is 6.99. The molecule has 0 aliphatic heterocycles. The highest BCUT2D eigenvalue weighted by molar-refractivity contribution is 5.37. The van der Waals surface area contributed by atoms with Gasteiger partial charge in [-0.3, -0.25) is 0 Å². The van der Waals surface area contributed by atoms with E-state index in [1.165, 1.54) is 30.4 Å².